The Bertz CT molecular complexity index is 821. The highest BCUT2D eigenvalue weighted by atomic mass is 19.1. The first kappa shape index (κ1) is 18.1. The maximum absolute atomic E-state index is 13.8. The summed E-state index contributed by atoms with van der Waals surface area (Å²) in [6.07, 6.45) is 0.762. The summed E-state index contributed by atoms with van der Waals surface area (Å²) >= 11 is 0. The predicted octanol–water partition coefficient (Wildman–Crippen LogP) is 3.51. The first-order chi connectivity index (χ1) is 12.5. The summed E-state index contributed by atoms with van der Waals surface area (Å²) < 4.78 is 13.8. The lowest BCUT2D eigenvalue weighted by Crippen LogP contribution is -2.50. The van der Waals surface area contributed by atoms with Crippen LogP contribution in [0.4, 0.5) is 4.39 Å². The molecule has 5 heteroatoms. The monoisotopic (exact) mass is 354 g/mol. The number of carbonyl (C=O) groups excluding carboxylic acids is 2. The molecule has 3 rings (SSSR count). The minimum atomic E-state index is -0.577. The van der Waals surface area contributed by atoms with Crippen LogP contribution >= 0.6 is 0 Å². The molecular formula is C21H23FN2O2. The van der Waals surface area contributed by atoms with E-state index >= 15 is 0 Å². The fourth-order valence-corrected chi connectivity index (χ4v) is 3.36. The number of hydrogen-bond donors (Lipinski definition) is 1. The molecule has 0 aliphatic carbocycles. The van der Waals surface area contributed by atoms with Crippen LogP contribution in [0.1, 0.15) is 41.8 Å². The molecule has 0 fully saturated rings. The number of rotatable bonds is 6. The van der Waals surface area contributed by atoms with Gasteiger partial charge in [0.15, 0.2) is 0 Å². The summed E-state index contributed by atoms with van der Waals surface area (Å²) in [5.41, 5.74) is 2.02. The lowest BCUT2D eigenvalue weighted by molar-refractivity contribution is -0.127. The highest BCUT2D eigenvalue weighted by Gasteiger charge is 2.38. The molecule has 1 aliphatic rings. The van der Waals surface area contributed by atoms with Gasteiger partial charge in [-0.3, -0.25) is 9.59 Å². The number of benzene rings is 2. The summed E-state index contributed by atoms with van der Waals surface area (Å²) in [6, 6.07) is 13.2. The Kier molecular flexibility index (Phi) is 5.35. The van der Waals surface area contributed by atoms with Gasteiger partial charge in [-0.2, -0.15) is 0 Å². The number of halogens is 1. The molecule has 1 heterocycles. The van der Waals surface area contributed by atoms with Crippen LogP contribution in [0.5, 0.6) is 0 Å². The Hall–Kier alpha value is -2.69. The zero-order valence-corrected chi connectivity index (χ0v) is 15.0. The minimum absolute atomic E-state index is 0.00566. The smallest absolute Gasteiger partial charge is 0.255 e. The predicted molar refractivity (Wildman–Crippen MR) is 97.8 cm³/mol. The van der Waals surface area contributed by atoms with Crippen molar-refractivity contribution in [1.29, 1.82) is 0 Å². The summed E-state index contributed by atoms with van der Waals surface area (Å²) in [7, 11) is 0. The highest BCUT2D eigenvalue weighted by molar-refractivity contribution is 6.01. The lowest BCUT2D eigenvalue weighted by Gasteiger charge is -2.31. The van der Waals surface area contributed by atoms with E-state index in [9.17, 15) is 14.0 Å². The van der Waals surface area contributed by atoms with Gasteiger partial charge in [0, 0.05) is 24.2 Å². The molecule has 0 aromatic heterocycles. The van der Waals surface area contributed by atoms with Crippen molar-refractivity contribution in [2.75, 3.05) is 0 Å². The van der Waals surface area contributed by atoms with E-state index in [-0.39, 0.29) is 30.1 Å². The fraction of sp³-hybridized carbons (Fsp3) is 0.333. The summed E-state index contributed by atoms with van der Waals surface area (Å²) in [5, 5.41) is 2.81. The van der Waals surface area contributed by atoms with Gasteiger partial charge in [0.25, 0.3) is 5.91 Å². The van der Waals surface area contributed by atoms with Gasteiger partial charge in [-0.15, -0.1) is 0 Å². The maximum atomic E-state index is 13.8. The van der Waals surface area contributed by atoms with E-state index < -0.39 is 6.04 Å². The van der Waals surface area contributed by atoms with Crippen molar-refractivity contribution in [2.45, 2.75) is 39.4 Å². The molecule has 0 radical (unpaired) electrons. The van der Waals surface area contributed by atoms with Crippen LogP contribution in [-0.2, 0) is 17.9 Å². The lowest BCUT2D eigenvalue weighted by atomic mass is 9.96. The zero-order valence-electron chi connectivity index (χ0n) is 15.0. The molecule has 2 atom stereocenters. The molecule has 4 nitrogen and oxygen atoms in total. The quantitative estimate of drug-likeness (QED) is 0.863. The number of amides is 2. The molecule has 0 unspecified atom stereocenters. The van der Waals surface area contributed by atoms with Crippen LogP contribution in [0.25, 0.3) is 0 Å². The van der Waals surface area contributed by atoms with Crippen LogP contribution < -0.4 is 5.32 Å². The number of hydrogen-bond acceptors (Lipinski definition) is 2. The average molecular weight is 354 g/mol. The number of fused-ring (bicyclic) bond motifs is 1. The van der Waals surface area contributed by atoms with E-state index in [1.165, 1.54) is 6.07 Å². The van der Waals surface area contributed by atoms with Gasteiger partial charge < -0.3 is 10.2 Å². The third-order valence-corrected chi connectivity index (χ3v) is 5.05. The van der Waals surface area contributed by atoms with Crippen LogP contribution in [-0.4, -0.2) is 22.8 Å². The molecule has 1 N–H and O–H groups in total. The van der Waals surface area contributed by atoms with E-state index in [1.807, 2.05) is 32.0 Å². The molecule has 0 saturated heterocycles. The van der Waals surface area contributed by atoms with Gasteiger partial charge in [-0.1, -0.05) is 56.7 Å². The Morgan fingerprint density at radius 1 is 1.19 bits per heavy atom. The summed E-state index contributed by atoms with van der Waals surface area (Å²) in [4.78, 5) is 27.3. The van der Waals surface area contributed by atoms with Crippen LogP contribution in [0.15, 0.2) is 48.5 Å². The van der Waals surface area contributed by atoms with Crippen molar-refractivity contribution in [3.8, 4) is 0 Å². The molecule has 2 aromatic rings. The molecule has 136 valence electrons. The molecule has 0 bridgehead atoms. The van der Waals surface area contributed by atoms with Crippen molar-refractivity contribution in [3.63, 3.8) is 0 Å². The van der Waals surface area contributed by atoms with Crippen LogP contribution in [0.3, 0.4) is 0 Å². The van der Waals surface area contributed by atoms with Gasteiger partial charge in [0.1, 0.15) is 11.9 Å². The normalized spacial score (nSPS) is 15.5. The number of carbonyl (C=O) groups is 2. The average Bonchev–Trinajstić information content (AvgIpc) is 2.98. The van der Waals surface area contributed by atoms with Crippen molar-refractivity contribution in [1.82, 2.24) is 10.2 Å². The first-order valence-corrected chi connectivity index (χ1v) is 8.93. The highest BCUT2D eigenvalue weighted by Crippen LogP contribution is 2.28. The van der Waals surface area contributed by atoms with Gasteiger partial charge >= 0.3 is 0 Å². The number of nitrogens with one attached hydrogen (secondary N) is 1. The molecule has 0 spiro atoms. The second kappa shape index (κ2) is 7.68. The van der Waals surface area contributed by atoms with Crippen LogP contribution in [0, 0.1) is 11.7 Å². The van der Waals surface area contributed by atoms with Crippen molar-refractivity contribution in [3.05, 3.63) is 71.0 Å². The Labute approximate surface area is 153 Å². The van der Waals surface area contributed by atoms with Crippen molar-refractivity contribution in [2.24, 2.45) is 5.92 Å². The van der Waals surface area contributed by atoms with Gasteiger partial charge in [-0.05, 0) is 23.6 Å². The summed E-state index contributed by atoms with van der Waals surface area (Å²) in [6.45, 7) is 4.49. The Balaban J connectivity index is 1.78. The second-order valence-corrected chi connectivity index (χ2v) is 6.73. The Morgan fingerprint density at radius 3 is 2.58 bits per heavy atom. The third-order valence-electron chi connectivity index (χ3n) is 5.05. The molecule has 1 aliphatic heterocycles. The topological polar surface area (TPSA) is 49.4 Å². The van der Waals surface area contributed by atoms with Gasteiger partial charge in [0.2, 0.25) is 5.91 Å². The minimum Gasteiger partial charge on any atom is -0.350 e. The largest absolute Gasteiger partial charge is 0.350 e. The number of nitrogens with zero attached hydrogens (tertiary/aromatic N) is 1. The first-order valence-electron chi connectivity index (χ1n) is 8.93. The van der Waals surface area contributed by atoms with Crippen LogP contribution in [0.2, 0.25) is 0 Å². The second-order valence-electron chi connectivity index (χ2n) is 6.73. The fourth-order valence-electron chi connectivity index (χ4n) is 3.36. The van der Waals surface area contributed by atoms with Gasteiger partial charge in [-0.25, -0.2) is 4.39 Å². The maximum Gasteiger partial charge on any atom is 0.255 e. The molecule has 0 saturated carbocycles. The molecule has 2 aromatic carbocycles. The van der Waals surface area contributed by atoms with Crippen molar-refractivity contribution < 1.29 is 14.0 Å². The molecule has 2 amide bonds. The van der Waals surface area contributed by atoms with E-state index in [1.54, 1.807) is 29.2 Å². The van der Waals surface area contributed by atoms with E-state index in [0.29, 0.717) is 17.7 Å². The molecule has 26 heavy (non-hydrogen) atoms. The van der Waals surface area contributed by atoms with E-state index in [4.69, 9.17) is 0 Å². The molecular weight excluding hydrogens is 331 g/mol. The van der Waals surface area contributed by atoms with E-state index in [2.05, 4.69) is 5.32 Å². The zero-order chi connectivity index (χ0) is 18.7. The summed E-state index contributed by atoms with van der Waals surface area (Å²) in [5.74, 6) is -0.720. The van der Waals surface area contributed by atoms with E-state index in [0.717, 1.165) is 12.0 Å². The third kappa shape index (κ3) is 3.47. The Morgan fingerprint density at radius 2 is 1.88 bits per heavy atom. The van der Waals surface area contributed by atoms with Gasteiger partial charge in [0.05, 0.1) is 0 Å². The SMILES string of the molecule is CC[C@H](C)[C@@H](C(=O)NCc1ccccc1F)N1Cc2ccccc2C1=O. The van der Waals surface area contributed by atoms with Crippen molar-refractivity contribution >= 4 is 11.8 Å². The standard InChI is InChI=1S/C21H23FN2O2/c1-3-14(2)19(20(25)23-12-15-8-5-7-11-18(15)22)24-13-16-9-4-6-10-17(16)21(24)26/h4-11,14,19H,3,12-13H2,1-2H3,(H,23,25)/t14-,19-/m0/s1.